The Balaban J connectivity index is 1.50. The zero-order valence-electron chi connectivity index (χ0n) is 14.0. The van der Waals surface area contributed by atoms with Gasteiger partial charge < -0.3 is 10.2 Å². The van der Waals surface area contributed by atoms with E-state index in [1.807, 2.05) is 31.3 Å². The molecule has 0 bridgehead atoms. The SMILES string of the molecule is CC(=O)N(C)C1CCN(CC(=O)Nc2nc3ccccc3s2)CC1. The molecule has 1 aromatic heterocycles. The Bertz CT molecular complexity index is 704. The topological polar surface area (TPSA) is 65.5 Å². The molecule has 1 fully saturated rings. The monoisotopic (exact) mass is 346 g/mol. The maximum Gasteiger partial charge on any atom is 0.240 e. The number of likely N-dealkylation sites (tertiary alicyclic amines) is 1. The lowest BCUT2D eigenvalue weighted by Crippen LogP contribution is -2.46. The van der Waals surface area contributed by atoms with Crippen LogP contribution in [0, 0.1) is 0 Å². The maximum absolute atomic E-state index is 12.2. The third-order valence-corrected chi connectivity index (χ3v) is 5.46. The number of aromatic nitrogens is 1. The zero-order valence-corrected chi connectivity index (χ0v) is 14.8. The molecular formula is C17H22N4O2S. The van der Waals surface area contributed by atoms with Gasteiger partial charge in [0.2, 0.25) is 11.8 Å². The molecule has 1 N–H and O–H groups in total. The number of rotatable bonds is 4. The Labute approximate surface area is 145 Å². The summed E-state index contributed by atoms with van der Waals surface area (Å²) >= 11 is 1.49. The van der Waals surface area contributed by atoms with Gasteiger partial charge in [0.1, 0.15) is 0 Å². The zero-order chi connectivity index (χ0) is 17.1. The minimum Gasteiger partial charge on any atom is -0.343 e. The highest BCUT2D eigenvalue weighted by atomic mass is 32.1. The van der Waals surface area contributed by atoms with E-state index in [-0.39, 0.29) is 17.9 Å². The first-order valence-corrected chi connectivity index (χ1v) is 8.96. The smallest absolute Gasteiger partial charge is 0.240 e. The molecule has 0 atom stereocenters. The second kappa shape index (κ2) is 7.27. The van der Waals surface area contributed by atoms with Crippen molar-refractivity contribution in [2.45, 2.75) is 25.8 Å². The second-order valence-electron chi connectivity index (χ2n) is 6.17. The van der Waals surface area contributed by atoms with Crippen LogP contribution < -0.4 is 5.32 Å². The van der Waals surface area contributed by atoms with E-state index >= 15 is 0 Å². The van der Waals surface area contributed by atoms with Crippen molar-refractivity contribution in [2.24, 2.45) is 0 Å². The van der Waals surface area contributed by atoms with Crippen LogP contribution in [-0.4, -0.2) is 59.3 Å². The number of fused-ring (bicyclic) bond motifs is 1. The van der Waals surface area contributed by atoms with E-state index in [0.717, 1.165) is 36.1 Å². The molecule has 0 saturated carbocycles. The van der Waals surface area contributed by atoms with Crippen LogP contribution in [0.15, 0.2) is 24.3 Å². The molecule has 2 aromatic rings. The molecule has 2 heterocycles. The number of para-hydroxylation sites is 1. The van der Waals surface area contributed by atoms with Gasteiger partial charge in [-0.3, -0.25) is 14.5 Å². The van der Waals surface area contributed by atoms with Crippen LogP contribution in [0.1, 0.15) is 19.8 Å². The summed E-state index contributed by atoms with van der Waals surface area (Å²) in [7, 11) is 1.85. The first kappa shape index (κ1) is 16.9. The molecule has 0 spiro atoms. The fraction of sp³-hybridized carbons (Fsp3) is 0.471. The van der Waals surface area contributed by atoms with Crippen molar-refractivity contribution in [1.82, 2.24) is 14.8 Å². The number of nitrogens with zero attached hydrogens (tertiary/aromatic N) is 3. The highest BCUT2D eigenvalue weighted by Gasteiger charge is 2.24. The highest BCUT2D eigenvalue weighted by Crippen LogP contribution is 2.25. The number of benzene rings is 1. The first-order chi connectivity index (χ1) is 11.5. The third kappa shape index (κ3) is 3.91. The molecular weight excluding hydrogens is 324 g/mol. The average Bonchev–Trinajstić information content (AvgIpc) is 2.96. The molecule has 1 aliphatic rings. The molecule has 6 nitrogen and oxygen atoms in total. The quantitative estimate of drug-likeness (QED) is 0.921. The van der Waals surface area contributed by atoms with E-state index in [4.69, 9.17) is 0 Å². The lowest BCUT2D eigenvalue weighted by atomic mass is 10.0. The highest BCUT2D eigenvalue weighted by molar-refractivity contribution is 7.22. The fourth-order valence-electron chi connectivity index (χ4n) is 3.01. The molecule has 128 valence electrons. The Kier molecular flexibility index (Phi) is 5.11. The summed E-state index contributed by atoms with van der Waals surface area (Å²) < 4.78 is 1.07. The summed E-state index contributed by atoms with van der Waals surface area (Å²) in [6.45, 7) is 3.62. The predicted molar refractivity (Wildman–Crippen MR) is 96.2 cm³/mol. The van der Waals surface area contributed by atoms with E-state index in [1.54, 1.807) is 11.8 Å². The number of amides is 2. The van der Waals surface area contributed by atoms with Crippen molar-refractivity contribution in [3.63, 3.8) is 0 Å². The van der Waals surface area contributed by atoms with Crippen molar-refractivity contribution >= 4 is 38.5 Å². The Morgan fingerprint density at radius 3 is 2.71 bits per heavy atom. The predicted octanol–water partition coefficient (Wildman–Crippen LogP) is 2.18. The van der Waals surface area contributed by atoms with Gasteiger partial charge in [-0.1, -0.05) is 23.5 Å². The fourth-order valence-corrected chi connectivity index (χ4v) is 3.89. The number of carbonyl (C=O) groups is 2. The van der Waals surface area contributed by atoms with Gasteiger partial charge in [0.25, 0.3) is 0 Å². The number of carbonyl (C=O) groups excluding carboxylic acids is 2. The van der Waals surface area contributed by atoms with Gasteiger partial charge in [-0.05, 0) is 25.0 Å². The van der Waals surface area contributed by atoms with Gasteiger partial charge in [0.05, 0.1) is 16.8 Å². The molecule has 0 unspecified atom stereocenters. The molecule has 0 radical (unpaired) electrons. The number of hydrogen-bond donors (Lipinski definition) is 1. The van der Waals surface area contributed by atoms with Crippen LogP contribution >= 0.6 is 11.3 Å². The van der Waals surface area contributed by atoms with Crippen LogP contribution in [-0.2, 0) is 9.59 Å². The van der Waals surface area contributed by atoms with E-state index in [1.165, 1.54) is 11.3 Å². The van der Waals surface area contributed by atoms with Gasteiger partial charge >= 0.3 is 0 Å². The van der Waals surface area contributed by atoms with Crippen LogP contribution in [0.25, 0.3) is 10.2 Å². The minimum atomic E-state index is -0.0348. The molecule has 1 saturated heterocycles. The summed E-state index contributed by atoms with van der Waals surface area (Å²) in [5.74, 6) is 0.0643. The van der Waals surface area contributed by atoms with Crippen molar-refractivity contribution in [3.05, 3.63) is 24.3 Å². The van der Waals surface area contributed by atoms with Gasteiger partial charge in [-0.15, -0.1) is 0 Å². The molecule has 24 heavy (non-hydrogen) atoms. The summed E-state index contributed by atoms with van der Waals surface area (Å²) in [6, 6.07) is 8.13. The van der Waals surface area contributed by atoms with Crippen LogP contribution in [0.4, 0.5) is 5.13 Å². The van der Waals surface area contributed by atoms with Gasteiger partial charge in [0, 0.05) is 33.1 Å². The minimum absolute atomic E-state index is 0.0348. The Morgan fingerprint density at radius 2 is 2.04 bits per heavy atom. The largest absolute Gasteiger partial charge is 0.343 e. The normalized spacial score (nSPS) is 16.2. The van der Waals surface area contributed by atoms with Crippen molar-refractivity contribution in [1.29, 1.82) is 0 Å². The van der Waals surface area contributed by atoms with Gasteiger partial charge in [-0.2, -0.15) is 0 Å². The first-order valence-electron chi connectivity index (χ1n) is 8.14. The Hall–Kier alpha value is -1.99. The van der Waals surface area contributed by atoms with Crippen LogP contribution in [0.3, 0.4) is 0 Å². The maximum atomic E-state index is 12.2. The van der Waals surface area contributed by atoms with E-state index in [0.29, 0.717) is 11.7 Å². The number of hydrogen-bond acceptors (Lipinski definition) is 5. The lowest BCUT2D eigenvalue weighted by molar-refractivity contribution is -0.130. The standard InChI is InChI=1S/C17H22N4O2S/c1-12(22)20(2)13-7-9-21(10-8-13)11-16(23)19-17-18-14-5-3-4-6-15(14)24-17/h3-6,13H,7-11H2,1-2H3,(H,18,19,23). The summed E-state index contributed by atoms with van der Waals surface area (Å²) in [5.41, 5.74) is 0.908. The van der Waals surface area contributed by atoms with Crippen molar-refractivity contribution in [3.8, 4) is 0 Å². The molecule has 1 aliphatic heterocycles. The summed E-state index contributed by atoms with van der Waals surface area (Å²) in [5, 5.41) is 3.54. The van der Waals surface area contributed by atoms with Crippen molar-refractivity contribution < 1.29 is 9.59 Å². The van der Waals surface area contributed by atoms with Crippen LogP contribution in [0.2, 0.25) is 0 Å². The van der Waals surface area contributed by atoms with E-state index < -0.39 is 0 Å². The number of nitrogens with one attached hydrogen (secondary N) is 1. The number of anilines is 1. The van der Waals surface area contributed by atoms with Gasteiger partial charge in [0.15, 0.2) is 5.13 Å². The molecule has 0 aliphatic carbocycles. The van der Waals surface area contributed by atoms with E-state index in [9.17, 15) is 9.59 Å². The summed E-state index contributed by atoms with van der Waals surface area (Å²) in [4.78, 5) is 32.0. The lowest BCUT2D eigenvalue weighted by Gasteiger charge is -2.35. The molecule has 3 rings (SSSR count). The third-order valence-electron chi connectivity index (χ3n) is 4.51. The Morgan fingerprint density at radius 1 is 1.33 bits per heavy atom. The molecule has 7 heteroatoms. The van der Waals surface area contributed by atoms with Crippen molar-refractivity contribution in [2.75, 3.05) is 32.0 Å². The molecule has 1 aromatic carbocycles. The number of thiazole rings is 1. The average molecular weight is 346 g/mol. The second-order valence-corrected chi connectivity index (χ2v) is 7.20. The van der Waals surface area contributed by atoms with Gasteiger partial charge in [-0.25, -0.2) is 4.98 Å². The van der Waals surface area contributed by atoms with E-state index in [2.05, 4.69) is 15.2 Å². The molecule has 2 amide bonds. The summed E-state index contributed by atoms with van der Waals surface area (Å²) in [6.07, 6.45) is 1.81. The number of piperidine rings is 1. The van der Waals surface area contributed by atoms with Crippen LogP contribution in [0.5, 0.6) is 0 Å².